The molecular formula is C20H23FN2O2. The van der Waals surface area contributed by atoms with Gasteiger partial charge in [-0.15, -0.1) is 0 Å². The molecule has 1 aliphatic rings. The Morgan fingerprint density at radius 1 is 1.24 bits per heavy atom. The number of nitrogens with one attached hydrogen (secondary N) is 1. The van der Waals surface area contributed by atoms with Crippen molar-refractivity contribution in [2.24, 2.45) is 5.92 Å². The van der Waals surface area contributed by atoms with Crippen LogP contribution in [0.15, 0.2) is 48.5 Å². The maximum absolute atomic E-state index is 13.0. The lowest BCUT2D eigenvalue weighted by molar-refractivity contribution is -0.121. The van der Waals surface area contributed by atoms with E-state index in [2.05, 4.69) is 10.2 Å². The molecule has 0 unspecified atom stereocenters. The minimum Gasteiger partial charge on any atom is -0.495 e. The van der Waals surface area contributed by atoms with Crippen molar-refractivity contribution in [3.8, 4) is 5.75 Å². The van der Waals surface area contributed by atoms with Gasteiger partial charge in [0.1, 0.15) is 11.6 Å². The van der Waals surface area contributed by atoms with Crippen LogP contribution in [0.2, 0.25) is 0 Å². The smallest absolute Gasteiger partial charge is 0.228 e. The standard InChI is InChI=1S/C20H23FN2O2/c1-25-19-7-3-2-6-18(19)22-20(24)16-5-4-12-23(14-16)13-15-8-10-17(21)11-9-15/h2-3,6-11,16H,4-5,12-14H2,1H3,(H,22,24)/t16-/m1/s1. The lowest BCUT2D eigenvalue weighted by Crippen LogP contribution is -2.40. The molecule has 1 atom stereocenters. The number of amides is 1. The predicted molar refractivity (Wildman–Crippen MR) is 96.0 cm³/mol. The molecule has 1 saturated heterocycles. The Morgan fingerprint density at radius 3 is 2.76 bits per heavy atom. The Hall–Kier alpha value is -2.40. The van der Waals surface area contributed by atoms with Crippen molar-refractivity contribution in [3.63, 3.8) is 0 Å². The van der Waals surface area contributed by atoms with E-state index < -0.39 is 0 Å². The molecule has 0 bridgehead atoms. The van der Waals surface area contributed by atoms with Gasteiger partial charge in [0.25, 0.3) is 0 Å². The second-order valence-electron chi connectivity index (χ2n) is 6.39. The van der Waals surface area contributed by atoms with E-state index >= 15 is 0 Å². The van der Waals surface area contributed by atoms with E-state index in [0.717, 1.165) is 31.5 Å². The van der Waals surface area contributed by atoms with Crippen molar-refractivity contribution in [2.45, 2.75) is 19.4 Å². The zero-order chi connectivity index (χ0) is 17.6. The fourth-order valence-electron chi connectivity index (χ4n) is 3.24. The summed E-state index contributed by atoms with van der Waals surface area (Å²) in [6.07, 6.45) is 1.85. The van der Waals surface area contributed by atoms with Gasteiger partial charge in [-0.3, -0.25) is 9.69 Å². The van der Waals surface area contributed by atoms with Crippen molar-refractivity contribution in [2.75, 3.05) is 25.5 Å². The van der Waals surface area contributed by atoms with Crippen LogP contribution in [0.3, 0.4) is 0 Å². The van der Waals surface area contributed by atoms with Gasteiger partial charge in [-0.05, 0) is 49.2 Å². The number of carbonyl (C=O) groups is 1. The monoisotopic (exact) mass is 342 g/mol. The second kappa shape index (κ2) is 8.12. The number of carbonyl (C=O) groups excluding carboxylic acids is 1. The van der Waals surface area contributed by atoms with E-state index in [1.807, 2.05) is 24.3 Å². The number of piperidine rings is 1. The quantitative estimate of drug-likeness (QED) is 0.901. The van der Waals surface area contributed by atoms with E-state index in [1.54, 1.807) is 19.2 Å². The maximum atomic E-state index is 13.0. The summed E-state index contributed by atoms with van der Waals surface area (Å²) in [4.78, 5) is 14.9. The third kappa shape index (κ3) is 4.57. The number of anilines is 1. The zero-order valence-electron chi connectivity index (χ0n) is 14.4. The van der Waals surface area contributed by atoms with Crippen molar-refractivity contribution < 1.29 is 13.9 Å². The Bertz CT molecular complexity index is 718. The van der Waals surface area contributed by atoms with Gasteiger partial charge < -0.3 is 10.1 Å². The first-order valence-electron chi connectivity index (χ1n) is 8.56. The van der Waals surface area contributed by atoms with E-state index in [-0.39, 0.29) is 17.6 Å². The summed E-state index contributed by atoms with van der Waals surface area (Å²) in [6, 6.07) is 14.0. The van der Waals surface area contributed by atoms with Crippen LogP contribution >= 0.6 is 0 Å². The molecule has 0 radical (unpaired) electrons. The normalized spacial score (nSPS) is 17.9. The van der Waals surface area contributed by atoms with E-state index in [9.17, 15) is 9.18 Å². The van der Waals surface area contributed by atoms with Gasteiger partial charge in [0.2, 0.25) is 5.91 Å². The number of halogens is 1. The van der Waals surface area contributed by atoms with Crippen LogP contribution in [0.4, 0.5) is 10.1 Å². The molecule has 1 amide bonds. The number of rotatable bonds is 5. The van der Waals surface area contributed by atoms with Crippen molar-refractivity contribution in [3.05, 3.63) is 59.9 Å². The average molecular weight is 342 g/mol. The number of para-hydroxylation sites is 2. The first-order chi connectivity index (χ1) is 12.2. The molecule has 1 heterocycles. The highest BCUT2D eigenvalue weighted by Gasteiger charge is 2.26. The summed E-state index contributed by atoms with van der Waals surface area (Å²) in [5.74, 6) is 0.402. The molecule has 1 fully saturated rings. The molecule has 4 nitrogen and oxygen atoms in total. The highest BCUT2D eigenvalue weighted by Crippen LogP contribution is 2.25. The highest BCUT2D eigenvalue weighted by molar-refractivity contribution is 5.94. The van der Waals surface area contributed by atoms with Gasteiger partial charge in [0.15, 0.2) is 0 Å². The summed E-state index contributed by atoms with van der Waals surface area (Å²) in [7, 11) is 1.59. The molecule has 0 aromatic heterocycles. The third-order valence-corrected chi connectivity index (χ3v) is 4.56. The number of methoxy groups -OCH3 is 1. The van der Waals surface area contributed by atoms with Crippen LogP contribution in [0.5, 0.6) is 5.75 Å². The van der Waals surface area contributed by atoms with Crippen LogP contribution in [0.1, 0.15) is 18.4 Å². The van der Waals surface area contributed by atoms with Crippen molar-refractivity contribution >= 4 is 11.6 Å². The van der Waals surface area contributed by atoms with E-state index in [1.165, 1.54) is 12.1 Å². The minimum absolute atomic E-state index is 0.0216. The lowest BCUT2D eigenvalue weighted by atomic mass is 9.96. The molecule has 2 aromatic carbocycles. The molecule has 5 heteroatoms. The summed E-state index contributed by atoms with van der Waals surface area (Å²) in [6.45, 7) is 2.40. The van der Waals surface area contributed by atoms with Gasteiger partial charge in [-0.1, -0.05) is 24.3 Å². The highest BCUT2D eigenvalue weighted by atomic mass is 19.1. The van der Waals surface area contributed by atoms with Crippen molar-refractivity contribution in [1.29, 1.82) is 0 Å². The van der Waals surface area contributed by atoms with Crippen LogP contribution in [0.25, 0.3) is 0 Å². The summed E-state index contributed by atoms with van der Waals surface area (Å²) < 4.78 is 18.3. The number of likely N-dealkylation sites (tertiary alicyclic amines) is 1. The number of ether oxygens (including phenoxy) is 1. The molecule has 1 N–H and O–H groups in total. The van der Waals surface area contributed by atoms with Gasteiger partial charge in [0.05, 0.1) is 18.7 Å². The van der Waals surface area contributed by atoms with Gasteiger partial charge >= 0.3 is 0 Å². The molecule has 2 aromatic rings. The topological polar surface area (TPSA) is 41.6 Å². The van der Waals surface area contributed by atoms with Crippen LogP contribution in [0, 0.1) is 11.7 Å². The van der Waals surface area contributed by atoms with Gasteiger partial charge in [-0.25, -0.2) is 4.39 Å². The SMILES string of the molecule is COc1ccccc1NC(=O)[C@@H]1CCCN(Cc2ccc(F)cc2)C1. The first-order valence-corrected chi connectivity index (χ1v) is 8.56. The Kier molecular flexibility index (Phi) is 5.66. The molecule has 0 saturated carbocycles. The van der Waals surface area contributed by atoms with Crippen LogP contribution < -0.4 is 10.1 Å². The van der Waals surface area contributed by atoms with Gasteiger partial charge in [-0.2, -0.15) is 0 Å². The fraction of sp³-hybridized carbons (Fsp3) is 0.350. The molecule has 1 aliphatic heterocycles. The second-order valence-corrected chi connectivity index (χ2v) is 6.39. The Labute approximate surface area is 147 Å². The predicted octanol–water partition coefficient (Wildman–Crippen LogP) is 3.69. The minimum atomic E-state index is -0.226. The van der Waals surface area contributed by atoms with Crippen LogP contribution in [-0.4, -0.2) is 31.0 Å². The summed E-state index contributed by atoms with van der Waals surface area (Å²) in [5, 5.41) is 2.98. The number of hydrogen-bond acceptors (Lipinski definition) is 3. The number of nitrogens with zero attached hydrogens (tertiary/aromatic N) is 1. The Morgan fingerprint density at radius 2 is 2.00 bits per heavy atom. The molecule has 3 rings (SSSR count). The third-order valence-electron chi connectivity index (χ3n) is 4.56. The fourth-order valence-corrected chi connectivity index (χ4v) is 3.24. The van der Waals surface area contributed by atoms with Crippen LogP contribution in [-0.2, 0) is 11.3 Å². The molecule has 25 heavy (non-hydrogen) atoms. The molecular weight excluding hydrogens is 319 g/mol. The Balaban J connectivity index is 1.60. The van der Waals surface area contributed by atoms with E-state index in [4.69, 9.17) is 4.74 Å². The summed E-state index contributed by atoms with van der Waals surface area (Å²) >= 11 is 0. The van der Waals surface area contributed by atoms with Crippen molar-refractivity contribution in [1.82, 2.24) is 4.90 Å². The zero-order valence-corrected chi connectivity index (χ0v) is 14.4. The molecule has 132 valence electrons. The average Bonchev–Trinajstić information content (AvgIpc) is 2.64. The number of benzene rings is 2. The molecule has 0 aliphatic carbocycles. The number of hydrogen-bond donors (Lipinski definition) is 1. The largest absolute Gasteiger partial charge is 0.495 e. The lowest BCUT2D eigenvalue weighted by Gasteiger charge is -2.32. The van der Waals surface area contributed by atoms with E-state index in [0.29, 0.717) is 18.0 Å². The summed E-state index contributed by atoms with van der Waals surface area (Å²) in [5.41, 5.74) is 1.76. The van der Waals surface area contributed by atoms with Gasteiger partial charge in [0, 0.05) is 13.1 Å². The molecule has 0 spiro atoms. The maximum Gasteiger partial charge on any atom is 0.228 e. The first kappa shape index (κ1) is 17.4.